The van der Waals surface area contributed by atoms with Gasteiger partial charge in [0.2, 0.25) is 0 Å². The van der Waals surface area contributed by atoms with E-state index in [4.69, 9.17) is 23.3 Å². The van der Waals surface area contributed by atoms with Gasteiger partial charge in [0.15, 0.2) is 22.1 Å². The van der Waals surface area contributed by atoms with Crippen LogP contribution in [0.2, 0.25) is 0 Å². The summed E-state index contributed by atoms with van der Waals surface area (Å²) in [6, 6.07) is -6.34. The van der Waals surface area contributed by atoms with Gasteiger partial charge >= 0.3 is 0 Å². The molecule has 2 aliphatic carbocycles. The summed E-state index contributed by atoms with van der Waals surface area (Å²) in [4.78, 5) is 8.15. The lowest BCUT2D eigenvalue weighted by Crippen LogP contribution is -2.33. The van der Waals surface area contributed by atoms with Gasteiger partial charge in [-0.1, -0.05) is 36.0 Å². The molecule has 3 aromatic rings. The van der Waals surface area contributed by atoms with Gasteiger partial charge in [0.25, 0.3) is 0 Å². The number of rotatable bonds is 10. The van der Waals surface area contributed by atoms with Gasteiger partial charge in [0.1, 0.15) is 18.0 Å². The first-order chi connectivity index (χ1) is 23.6. The highest BCUT2D eigenvalue weighted by molar-refractivity contribution is 7.99. The number of hydrogen-bond donors (Lipinski definition) is 4. The Morgan fingerprint density at radius 1 is 1.39 bits per heavy atom. The number of anilines is 1. The second kappa shape index (κ2) is 10.5. The summed E-state index contributed by atoms with van der Waals surface area (Å²) in [7, 11) is 0. The van der Waals surface area contributed by atoms with E-state index < -0.39 is 114 Å². The van der Waals surface area contributed by atoms with E-state index in [-0.39, 0.29) is 34.0 Å². The molecule has 0 saturated heterocycles. The smallest absolute Gasteiger partial charge is 0.191 e. The lowest BCUT2D eigenvalue weighted by molar-refractivity contribution is -0.0629. The van der Waals surface area contributed by atoms with E-state index in [1.54, 1.807) is 0 Å². The maximum Gasteiger partial charge on any atom is 0.191 e. The standard InChI is InChI=1S/C24H31FN6O4S/c1-3-8-36-24-27-22(26-16-10-14(16)13-5-4-12(2)15(25)9-13)19-23(28-24)31(30-29-19)17-11-18(35-7-6-32)21(34)20(17)33/h4-5,9,14,16-18,20-21,32-34H,3,6-8,10-11H2,1-2H3,(H,26,27,28)/t14-,16+,17+,18-,20-,21+/m0/s1/i3D2,4D,5D,6D2,7D2,8D2,9D,11D2,17D,18D,20D,21D. The summed E-state index contributed by atoms with van der Waals surface area (Å²) in [5.74, 6) is -2.22. The molecule has 2 heterocycles. The molecule has 0 radical (unpaired) electrons. The van der Waals surface area contributed by atoms with Crippen molar-refractivity contribution in [2.24, 2.45) is 0 Å². The van der Waals surface area contributed by atoms with Gasteiger partial charge in [0.05, 0.1) is 40.3 Å². The number of fused-ring (bicyclic) bond motifs is 1. The van der Waals surface area contributed by atoms with Crippen molar-refractivity contribution in [3.8, 4) is 0 Å². The predicted octanol–water partition coefficient (Wildman–Crippen LogP) is 2.18. The van der Waals surface area contributed by atoms with Crippen molar-refractivity contribution >= 4 is 28.7 Å². The quantitative estimate of drug-likeness (QED) is 0.226. The van der Waals surface area contributed by atoms with Crippen LogP contribution >= 0.6 is 11.8 Å². The first-order valence-corrected chi connectivity index (χ1v) is 11.2. The first kappa shape index (κ1) is 12.0. The molecule has 10 nitrogen and oxygen atoms in total. The predicted molar refractivity (Wildman–Crippen MR) is 133 cm³/mol. The van der Waals surface area contributed by atoms with E-state index in [1.165, 1.54) is 6.92 Å². The summed E-state index contributed by atoms with van der Waals surface area (Å²) >= 11 is 0.0618. The number of ether oxygens (including phenoxy) is 1. The zero-order valence-electron chi connectivity index (χ0n) is 35.6. The molecule has 2 aromatic heterocycles. The average molecular weight is 536 g/mol. The van der Waals surface area contributed by atoms with Crippen LogP contribution in [-0.4, -0.2) is 83.4 Å². The fourth-order valence-electron chi connectivity index (χ4n) is 3.43. The van der Waals surface area contributed by atoms with Gasteiger partial charge in [-0.15, -0.1) is 5.10 Å². The molecule has 36 heavy (non-hydrogen) atoms. The molecule has 0 amide bonds. The highest BCUT2D eigenvalue weighted by atomic mass is 32.2. The molecular weight excluding hydrogens is 487 g/mol. The third kappa shape index (κ3) is 4.92. The average Bonchev–Trinajstić information content (AvgIpc) is 3.59. The van der Waals surface area contributed by atoms with Crippen LogP contribution in [0.4, 0.5) is 10.2 Å². The van der Waals surface area contributed by atoms with E-state index in [0.29, 0.717) is 0 Å². The maximum absolute atomic E-state index is 14.7. The largest absolute Gasteiger partial charge is 0.394 e. The number of hydrogen-bond acceptors (Lipinski definition) is 10. The Hall–Kier alpha value is -2.38. The zero-order chi connectivity index (χ0) is 40.7. The summed E-state index contributed by atoms with van der Waals surface area (Å²) < 4.78 is 158. The third-order valence-corrected chi connectivity index (χ3v) is 5.94. The second-order valence-electron chi connectivity index (χ2n) is 7.62. The number of aliphatic hydroxyl groups is 3. The van der Waals surface area contributed by atoms with Crippen LogP contribution in [0.25, 0.3) is 11.2 Å². The van der Waals surface area contributed by atoms with Crippen molar-refractivity contribution in [3.05, 3.63) is 35.1 Å². The van der Waals surface area contributed by atoms with Crippen molar-refractivity contribution < 1.29 is 47.7 Å². The lowest BCUT2D eigenvalue weighted by atomic mass is 10.1. The third-order valence-electron chi connectivity index (χ3n) is 5.27. The van der Waals surface area contributed by atoms with E-state index in [0.717, 1.165) is 6.92 Å². The molecule has 0 bridgehead atoms. The molecule has 0 spiro atoms. The fourth-order valence-corrected chi connectivity index (χ4v) is 3.89. The molecule has 2 saturated carbocycles. The molecule has 12 heteroatoms. The first-order valence-electron chi connectivity index (χ1n) is 18.9. The Morgan fingerprint density at radius 3 is 3.00 bits per heavy atom. The molecule has 2 aliphatic rings. The fraction of sp³-hybridized carbons (Fsp3) is 0.583. The molecule has 0 aliphatic heterocycles. The molecule has 1 aromatic carbocycles. The van der Waals surface area contributed by atoms with Crippen LogP contribution in [0, 0.1) is 12.7 Å². The molecule has 194 valence electrons. The van der Waals surface area contributed by atoms with Gasteiger partial charge in [-0.2, -0.15) is 0 Å². The van der Waals surface area contributed by atoms with Gasteiger partial charge in [-0.25, -0.2) is 19.0 Å². The Morgan fingerprint density at radius 2 is 2.22 bits per heavy atom. The van der Waals surface area contributed by atoms with Crippen molar-refractivity contribution in [1.82, 2.24) is 25.0 Å². The van der Waals surface area contributed by atoms with Crippen LogP contribution in [0.1, 0.15) is 72.5 Å². The van der Waals surface area contributed by atoms with Crippen LogP contribution < -0.4 is 5.32 Å². The summed E-state index contributed by atoms with van der Waals surface area (Å²) in [5.41, 5.74) is -4.60. The molecule has 0 unspecified atom stereocenters. The number of halogens is 1. The normalized spacial score (nSPS) is 45.7. The Kier molecular flexibility index (Phi) is 3.51. The zero-order valence-corrected chi connectivity index (χ0v) is 19.5. The highest BCUT2D eigenvalue weighted by Crippen LogP contribution is 2.44. The van der Waals surface area contributed by atoms with Crippen LogP contribution in [0.5, 0.6) is 0 Å². The van der Waals surface area contributed by atoms with Crippen molar-refractivity contribution in [1.29, 1.82) is 0 Å². The maximum atomic E-state index is 14.7. The molecule has 4 N–H and O–H groups in total. The molecule has 6 atom stereocenters. The minimum Gasteiger partial charge on any atom is -0.394 e. The number of nitrogens with one attached hydrogen (secondary N) is 1. The minimum absolute atomic E-state index is 0.0132. The molecule has 5 rings (SSSR count). The van der Waals surface area contributed by atoms with Crippen LogP contribution in [0.15, 0.2) is 23.3 Å². The van der Waals surface area contributed by atoms with Gasteiger partial charge in [-0.05, 0) is 36.9 Å². The Balaban J connectivity index is 1.70. The SMILES string of the molecule is [2H]c1c([2H])c([C@@H]2C[C@H]2Nc2nc(SC([2H])([2H])C([2H])([2H])C)nc3c2nnn3[C@]2([2H])C([2H])([2H])[C@]([2H])(OC([2H])([2H])C([2H])([2H])O)[C@@]([2H])(O)[C@@]2([2H])O)c([2H])c(F)c1C. The number of thioether (sulfide) groups is 1. The molecule has 2 fully saturated rings. The van der Waals surface area contributed by atoms with Crippen molar-refractivity contribution in [2.75, 3.05) is 24.1 Å². The van der Waals surface area contributed by atoms with Gasteiger partial charge < -0.3 is 25.4 Å². The van der Waals surface area contributed by atoms with Crippen LogP contribution in [-0.2, 0) is 4.74 Å². The number of aromatic nitrogens is 5. The highest BCUT2D eigenvalue weighted by Gasteiger charge is 2.45. The van der Waals surface area contributed by atoms with E-state index >= 15 is 0 Å². The van der Waals surface area contributed by atoms with Gasteiger partial charge in [-0.3, -0.25) is 0 Å². The van der Waals surface area contributed by atoms with Gasteiger partial charge in [0, 0.05) is 32.3 Å². The van der Waals surface area contributed by atoms with E-state index in [9.17, 15) is 19.7 Å². The summed E-state index contributed by atoms with van der Waals surface area (Å²) in [6.45, 7) is -6.05. The van der Waals surface area contributed by atoms with E-state index in [2.05, 4.69) is 30.3 Å². The Bertz CT molecular complexity index is 1970. The minimum atomic E-state index is -4.41. The van der Waals surface area contributed by atoms with Crippen molar-refractivity contribution in [3.63, 3.8) is 0 Å². The number of benzene rings is 1. The summed E-state index contributed by atoms with van der Waals surface area (Å²) in [6.07, 6.45) is -19.8. The Labute approximate surface area is 236 Å². The number of nitrogens with zero attached hydrogens (tertiary/aromatic N) is 5. The topological polar surface area (TPSA) is 138 Å². The summed E-state index contributed by atoms with van der Waals surface area (Å²) in [5, 5.41) is 41.5. The lowest BCUT2D eigenvalue weighted by Gasteiger charge is -2.17. The van der Waals surface area contributed by atoms with Crippen molar-refractivity contribution in [2.45, 2.75) is 74.4 Å². The van der Waals surface area contributed by atoms with E-state index in [1.807, 2.05) is 0 Å². The second-order valence-corrected chi connectivity index (χ2v) is 8.39. The van der Waals surface area contributed by atoms with Crippen LogP contribution in [0.3, 0.4) is 0 Å². The monoisotopic (exact) mass is 535 g/mol. The molecular formula is C24H31FN6O4S.